The van der Waals surface area contributed by atoms with Gasteiger partial charge in [0.1, 0.15) is 5.75 Å². The number of hydrogen-bond acceptors (Lipinski definition) is 2. The summed E-state index contributed by atoms with van der Waals surface area (Å²) in [4.78, 5) is 0. The molecule has 0 aromatic heterocycles. The van der Waals surface area contributed by atoms with Gasteiger partial charge in [0.15, 0.2) is 0 Å². The first-order valence-electron chi connectivity index (χ1n) is 5.62. The molecule has 0 spiro atoms. The monoisotopic (exact) mass is 208 g/mol. The Balaban J connectivity index is 2.60. The molecule has 84 valence electrons. The largest absolute Gasteiger partial charge is 0.493 e. The molecule has 1 aromatic carbocycles. The van der Waals surface area contributed by atoms with E-state index in [1.165, 1.54) is 0 Å². The van der Waals surface area contributed by atoms with Crippen LogP contribution < -0.4 is 4.74 Å². The standard InChI is InChI=1S/C13H20O2/c1-3-4-9-15-13-8-6-5-7-12(13)10-11(2)14/h5-8,11,14H,3-4,9-10H2,1-2H3/t11-/m0/s1. The van der Waals surface area contributed by atoms with Crippen molar-refractivity contribution < 1.29 is 9.84 Å². The number of para-hydroxylation sites is 1. The van der Waals surface area contributed by atoms with E-state index in [2.05, 4.69) is 6.92 Å². The van der Waals surface area contributed by atoms with E-state index < -0.39 is 0 Å². The molecule has 0 radical (unpaired) electrons. The van der Waals surface area contributed by atoms with Gasteiger partial charge < -0.3 is 9.84 Å². The van der Waals surface area contributed by atoms with E-state index >= 15 is 0 Å². The number of rotatable bonds is 6. The van der Waals surface area contributed by atoms with E-state index in [4.69, 9.17) is 4.74 Å². The van der Waals surface area contributed by atoms with Crippen molar-refractivity contribution >= 4 is 0 Å². The number of benzene rings is 1. The Hall–Kier alpha value is -1.02. The summed E-state index contributed by atoms with van der Waals surface area (Å²) >= 11 is 0. The van der Waals surface area contributed by atoms with E-state index in [-0.39, 0.29) is 6.10 Å². The molecule has 0 heterocycles. The minimum atomic E-state index is -0.319. The summed E-state index contributed by atoms with van der Waals surface area (Å²) in [5.74, 6) is 0.909. The van der Waals surface area contributed by atoms with Gasteiger partial charge >= 0.3 is 0 Å². The van der Waals surface area contributed by atoms with Gasteiger partial charge in [-0.2, -0.15) is 0 Å². The Labute approximate surface area is 91.9 Å². The Morgan fingerprint density at radius 2 is 2.07 bits per heavy atom. The molecule has 0 fully saturated rings. The number of aliphatic hydroxyl groups excluding tert-OH is 1. The SMILES string of the molecule is CCCCOc1ccccc1C[C@H](C)O. The van der Waals surface area contributed by atoms with Crippen molar-refractivity contribution in [3.8, 4) is 5.75 Å². The lowest BCUT2D eigenvalue weighted by atomic mass is 10.1. The van der Waals surface area contributed by atoms with Gasteiger partial charge in [0.05, 0.1) is 12.7 Å². The maximum atomic E-state index is 9.35. The number of aliphatic hydroxyl groups is 1. The molecule has 2 nitrogen and oxygen atoms in total. The Morgan fingerprint density at radius 1 is 1.33 bits per heavy atom. The number of unbranched alkanes of at least 4 members (excludes halogenated alkanes) is 1. The molecule has 0 unspecified atom stereocenters. The molecule has 0 aliphatic rings. The molecule has 0 aliphatic carbocycles. The van der Waals surface area contributed by atoms with Crippen LogP contribution in [0.5, 0.6) is 5.75 Å². The van der Waals surface area contributed by atoms with Gasteiger partial charge in [-0.15, -0.1) is 0 Å². The maximum Gasteiger partial charge on any atom is 0.122 e. The first-order valence-corrected chi connectivity index (χ1v) is 5.62. The van der Waals surface area contributed by atoms with E-state index in [1.54, 1.807) is 6.92 Å². The second-order valence-corrected chi connectivity index (χ2v) is 3.86. The summed E-state index contributed by atoms with van der Waals surface area (Å²) in [5, 5.41) is 9.35. The van der Waals surface area contributed by atoms with Crippen molar-refractivity contribution in [1.82, 2.24) is 0 Å². The zero-order valence-electron chi connectivity index (χ0n) is 9.57. The van der Waals surface area contributed by atoms with Gasteiger partial charge in [0.2, 0.25) is 0 Å². The smallest absolute Gasteiger partial charge is 0.122 e. The van der Waals surface area contributed by atoms with Crippen LogP contribution in [0.1, 0.15) is 32.3 Å². The van der Waals surface area contributed by atoms with E-state index in [9.17, 15) is 5.11 Å². The maximum absolute atomic E-state index is 9.35. The van der Waals surface area contributed by atoms with Crippen LogP contribution in [0.15, 0.2) is 24.3 Å². The molecular weight excluding hydrogens is 188 g/mol. The molecule has 0 bridgehead atoms. The van der Waals surface area contributed by atoms with Gasteiger partial charge in [0.25, 0.3) is 0 Å². The lowest BCUT2D eigenvalue weighted by Gasteiger charge is -2.12. The summed E-state index contributed by atoms with van der Waals surface area (Å²) in [7, 11) is 0. The van der Waals surface area contributed by atoms with Crippen LogP contribution >= 0.6 is 0 Å². The van der Waals surface area contributed by atoms with Gasteiger partial charge in [0, 0.05) is 6.42 Å². The average molecular weight is 208 g/mol. The van der Waals surface area contributed by atoms with Gasteiger partial charge in [-0.25, -0.2) is 0 Å². The van der Waals surface area contributed by atoms with Crippen molar-refractivity contribution in [3.63, 3.8) is 0 Å². The Bertz CT molecular complexity index is 282. The van der Waals surface area contributed by atoms with Crippen LogP contribution in [0.3, 0.4) is 0 Å². The molecule has 0 saturated heterocycles. The van der Waals surface area contributed by atoms with Crippen LogP contribution in [0.4, 0.5) is 0 Å². The highest BCUT2D eigenvalue weighted by molar-refractivity contribution is 5.33. The van der Waals surface area contributed by atoms with E-state index in [1.807, 2.05) is 24.3 Å². The highest BCUT2D eigenvalue weighted by Gasteiger charge is 2.05. The quantitative estimate of drug-likeness (QED) is 0.728. The predicted octanol–water partition coefficient (Wildman–Crippen LogP) is 2.79. The molecule has 0 saturated carbocycles. The summed E-state index contributed by atoms with van der Waals surface area (Å²) in [6.45, 7) is 4.70. The second kappa shape index (κ2) is 6.46. The topological polar surface area (TPSA) is 29.5 Å². The molecule has 0 amide bonds. The fraction of sp³-hybridized carbons (Fsp3) is 0.538. The minimum absolute atomic E-state index is 0.319. The first kappa shape index (κ1) is 12.1. The van der Waals surface area contributed by atoms with E-state index in [0.29, 0.717) is 6.42 Å². The van der Waals surface area contributed by atoms with Crippen LogP contribution in [0.25, 0.3) is 0 Å². The van der Waals surface area contributed by atoms with Crippen LogP contribution in [0, 0.1) is 0 Å². The Kier molecular flexibility index (Phi) is 5.19. The average Bonchev–Trinajstić information content (AvgIpc) is 2.20. The fourth-order valence-electron chi connectivity index (χ4n) is 1.46. The van der Waals surface area contributed by atoms with Gasteiger partial charge in [-0.05, 0) is 25.0 Å². The van der Waals surface area contributed by atoms with Crippen molar-refractivity contribution in [2.45, 2.75) is 39.2 Å². The third kappa shape index (κ3) is 4.34. The fourth-order valence-corrected chi connectivity index (χ4v) is 1.46. The minimum Gasteiger partial charge on any atom is -0.493 e. The highest BCUT2D eigenvalue weighted by Crippen LogP contribution is 2.19. The third-order valence-corrected chi connectivity index (χ3v) is 2.24. The normalized spacial score (nSPS) is 12.5. The molecule has 1 atom stereocenters. The van der Waals surface area contributed by atoms with Crippen LogP contribution in [0.2, 0.25) is 0 Å². The van der Waals surface area contributed by atoms with Crippen LogP contribution in [-0.2, 0) is 6.42 Å². The van der Waals surface area contributed by atoms with Gasteiger partial charge in [-0.1, -0.05) is 31.5 Å². The van der Waals surface area contributed by atoms with Gasteiger partial charge in [-0.3, -0.25) is 0 Å². The molecule has 1 rings (SSSR count). The summed E-state index contributed by atoms with van der Waals surface area (Å²) < 4.78 is 5.67. The lowest BCUT2D eigenvalue weighted by molar-refractivity contribution is 0.193. The predicted molar refractivity (Wildman–Crippen MR) is 62.2 cm³/mol. The van der Waals surface area contributed by atoms with Crippen molar-refractivity contribution in [3.05, 3.63) is 29.8 Å². The summed E-state index contributed by atoms with van der Waals surface area (Å²) in [6, 6.07) is 7.92. The van der Waals surface area contributed by atoms with Crippen molar-refractivity contribution in [2.24, 2.45) is 0 Å². The second-order valence-electron chi connectivity index (χ2n) is 3.86. The van der Waals surface area contributed by atoms with Crippen molar-refractivity contribution in [1.29, 1.82) is 0 Å². The number of ether oxygens (including phenoxy) is 1. The molecule has 15 heavy (non-hydrogen) atoms. The zero-order valence-corrected chi connectivity index (χ0v) is 9.57. The first-order chi connectivity index (χ1) is 7.24. The van der Waals surface area contributed by atoms with Crippen molar-refractivity contribution in [2.75, 3.05) is 6.61 Å². The third-order valence-electron chi connectivity index (χ3n) is 2.24. The lowest BCUT2D eigenvalue weighted by Crippen LogP contribution is -2.07. The molecule has 1 N–H and O–H groups in total. The summed E-state index contributed by atoms with van der Waals surface area (Å²) in [6.07, 6.45) is 2.55. The molecule has 2 heteroatoms. The molecular formula is C13H20O2. The molecule has 0 aliphatic heterocycles. The van der Waals surface area contributed by atoms with Crippen LogP contribution in [-0.4, -0.2) is 17.8 Å². The zero-order chi connectivity index (χ0) is 11.1. The highest BCUT2D eigenvalue weighted by atomic mass is 16.5. The number of hydrogen-bond donors (Lipinski definition) is 1. The Morgan fingerprint density at radius 3 is 2.73 bits per heavy atom. The molecule has 1 aromatic rings. The summed E-state index contributed by atoms with van der Waals surface area (Å²) in [5.41, 5.74) is 1.09. The van der Waals surface area contributed by atoms with E-state index in [0.717, 1.165) is 30.8 Å².